The summed E-state index contributed by atoms with van der Waals surface area (Å²) >= 11 is 6.88. The molecule has 1 aliphatic heterocycles. The van der Waals surface area contributed by atoms with Crippen molar-refractivity contribution in [3.8, 4) is 5.75 Å². The second-order valence-electron chi connectivity index (χ2n) is 4.02. The second-order valence-corrected chi connectivity index (χ2v) is 5.61. The van der Waals surface area contributed by atoms with Crippen LogP contribution in [0.3, 0.4) is 0 Å². The van der Waals surface area contributed by atoms with Gasteiger partial charge in [0.05, 0.1) is 23.2 Å². The van der Waals surface area contributed by atoms with Gasteiger partial charge in [-0.3, -0.25) is 9.59 Å². The summed E-state index contributed by atoms with van der Waals surface area (Å²) in [6.45, 7) is 0. The first-order chi connectivity index (χ1) is 9.97. The van der Waals surface area contributed by atoms with E-state index in [0.29, 0.717) is 10.6 Å². The van der Waals surface area contributed by atoms with Crippen LogP contribution in [0.5, 0.6) is 5.75 Å². The van der Waals surface area contributed by atoms with E-state index in [-0.39, 0.29) is 17.3 Å². The number of halogens is 1. The first kappa shape index (κ1) is 15.3. The van der Waals surface area contributed by atoms with Gasteiger partial charge in [-0.2, -0.15) is 5.10 Å². The van der Waals surface area contributed by atoms with Crippen LogP contribution in [0, 0.1) is 0 Å². The van der Waals surface area contributed by atoms with Crippen molar-refractivity contribution < 1.29 is 19.8 Å². The van der Waals surface area contributed by atoms with E-state index in [1.54, 1.807) is 12.1 Å². The van der Waals surface area contributed by atoms with Gasteiger partial charge in [-0.15, -0.1) is 5.10 Å². The molecule has 0 aromatic heterocycles. The van der Waals surface area contributed by atoms with Crippen LogP contribution in [0.4, 0.5) is 0 Å². The summed E-state index contributed by atoms with van der Waals surface area (Å²) in [5, 5.41) is 28.0. The van der Waals surface area contributed by atoms with E-state index >= 15 is 0 Å². The zero-order valence-electron chi connectivity index (χ0n) is 10.5. The van der Waals surface area contributed by atoms with E-state index in [1.807, 2.05) is 0 Å². The zero-order chi connectivity index (χ0) is 15.4. The molecule has 1 saturated heterocycles. The Bertz CT molecular complexity index is 627. The predicted octanol–water partition coefficient (Wildman–Crippen LogP) is 1.44. The number of carbonyl (C=O) groups excluding carboxylic acids is 1. The minimum atomic E-state index is -1.06. The molecule has 7 nitrogen and oxygen atoms in total. The van der Waals surface area contributed by atoms with Gasteiger partial charge in [0.15, 0.2) is 5.17 Å². The minimum Gasteiger partial charge on any atom is -0.507 e. The van der Waals surface area contributed by atoms with Crippen molar-refractivity contribution in [1.82, 2.24) is 5.32 Å². The Morgan fingerprint density at radius 1 is 1.52 bits per heavy atom. The average molecular weight is 328 g/mol. The maximum atomic E-state index is 11.5. The van der Waals surface area contributed by atoms with Gasteiger partial charge in [0.1, 0.15) is 11.0 Å². The number of hydrogen-bond donors (Lipinski definition) is 3. The number of benzene rings is 1. The molecule has 21 heavy (non-hydrogen) atoms. The quantitative estimate of drug-likeness (QED) is 0.572. The molecular weight excluding hydrogens is 318 g/mol. The maximum Gasteiger partial charge on any atom is 0.305 e. The van der Waals surface area contributed by atoms with Crippen LogP contribution in [0.25, 0.3) is 0 Å². The van der Waals surface area contributed by atoms with E-state index in [4.69, 9.17) is 16.7 Å². The third-order valence-electron chi connectivity index (χ3n) is 2.50. The van der Waals surface area contributed by atoms with Crippen LogP contribution in [-0.4, -0.2) is 38.7 Å². The number of phenolic OH excluding ortho intramolecular Hbond substituents is 1. The summed E-state index contributed by atoms with van der Waals surface area (Å²) in [5.41, 5.74) is 0.305. The number of aromatic hydroxyl groups is 1. The fraction of sp³-hybridized carbons (Fsp3) is 0.167. The number of hydrogen-bond acceptors (Lipinski definition) is 6. The molecule has 1 aromatic rings. The molecule has 1 atom stereocenters. The third kappa shape index (κ3) is 3.96. The fourth-order valence-electron chi connectivity index (χ4n) is 1.54. The molecule has 1 amide bonds. The lowest BCUT2D eigenvalue weighted by Gasteiger charge is -1.99. The van der Waals surface area contributed by atoms with Gasteiger partial charge in [0, 0.05) is 0 Å². The monoisotopic (exact) mass is 327 g/mol. The highest BCUT2D eigenvalue weighted by Crippen LogP contribution is 2.24. The smallest absolute Gasteiger partial charge is 0.305 e. The summed E-state index contributed by atoms with van der Waals surface area (Å²) in [6, 6.07) is 4.63. The van der Waals surface area contributed by atoms with E-state index in [9.17, 15) is 14.7 Å². The second kappa shape index (κ2) is 6.59. The lowest BCUT2D eigenvalue weighted by atomic mass is 10.2. The number of carboxylic acid groups (broad SMARTS) is 1. The fourth-order valence-corrected chi connectivity index (χ4v) is 2.67. The Morgan fingerprint density at radius 3 is 2.95 bits per heavy atom. The lowest BCUT2D eigenvalue weighted by molar-refractivity contribution is -0.138. The van der Waals surface area contributed by atoms with Crippen molar-refractivity contribution in [2.24, 2.45) is 10.2 Å². The first-order valence-corrected chi connectivity index (χ1v) is 7.01. The zero-order valence-corrected chi connectivity index (χ0v) is 12.1. The van der Waals surface area contributed by atoms with Crippen molar-refractivity contribution in [2.75, 3.05) is 0 Å². The molecule has 1 heterocycles. The van der Waals surface area contributed by atoms with Gasteiger partial charge in [0.2, 0.25) is 5.91 Å². The largest absolute Gasteiger partial charge is 0.507 e. The number of aliphatic carboxylic acids is 1. The topological polar surface area (TPSA) is 111 Å². The van der Waals surface area contributed by atoms with Gasteiger partial charge in [-0.25, -0.2) is 0 Å². The molecule has 0 aliphatic carbocycles. The van der Waals surface area contributed by atoms with Crippen LogP contribution in [0.15, 0.2) is 28.4 Å². The van der Waals surface area contributed by atoms with Crippen molar-refractivity contribution in [3.05, 3.63) is 28.8 Å². The highest BCUT2D eigenvalue weighted by molar-refractivity contribution is 8.15. The standard InChI is InChI=1S/C12H10ClN3O4S/c13-7-2-1-3-8(17)6(7)5-14-16-12-15-11(20)9(21-12)4-10(18)19/h1-3,5,9,17H,4H2,(H,18,19)(H,15,16,20). The Morgan fingerprint density at radius 2 is 2.29 bits per heavy atom. The highest BCUT2D eigenvalue weighted by Gasteiger charge is 2.32. The van der Waals surface area contributed by atoms with Crippen molar-refractivity contribution in [1.29, 1.82) is 0 Å². The molecule has 110 valence electrons. The number of amidine groups is 1. The Balaban J connectivity index is 2.07. The number of nitrogens with one attached hydrogen (secondary N) is 1. The van der Waals surface area contributed by atoms with Gasteiger partial charge >= 0.3 is 5.97 Å². The van der Waals surface area contributed by atoms with Crippen molar-refractivity contribution >= 4 is 46.6 Å². The molecule has 2 rings (SSSR count). The molecular formula is C12H10ClN3O4S. The van der Waals surface area contributed by atoms with Crippen LogP contribution < -0.4 is 5.32 Å². The molecule has 0 spiro atoms. The molecule has 1 aliphatic rings. The van der Waals surface area contributed by atoms with Crippen LogP contribution in [0.2, 0.25) is 5.02 Å². The SMILES string of the molecule is O=C(O)CC1SC(=NN=Cc2c(O)cccc2Cl)NC1=O. The van der Waals surface area contributed by atoms with Crippen LogP contribution in [-0.2, 0) is 9.59 Å². The van der Waals surface area contributed by atoms with Gasteiger partial charge in [0.25, 0.3) is 0 Å². The molecule has 1 aromatic carbocycles. The highest BCUT2D eigenvalue weighted by atomic mass is 35.5. The number of rotatable bonds is 4. The Hall–Kier alpha value is -2.06. The minimum absolute atomic E-state index is 0.0432. The molecule has 0 bridgehead atoms. The molecule has 0 saturated carbocycles. The molecule has 0 radical (unpaired) electrons. The van der Waals surface area contributed by atoms with Gasteiger partial charge in [-0.05, 0) is 12.1 Å². The van der Waals surface area contributed by atoms with Crippen LogP contribution in [0.1, 0.15) is 12.0 Å². The predicted molar refractivity (Wildman–Crippen MR) is 79.9 cm³/mol. The van der Waals surface area contributed by atoms with E-state index < -0.39 is 17.1 Å². The summed E-state index contributed by atoms with van der Waals surface area (Å²) in [4.78, 5) is 22.0. The number of amides is 1. The maximum absolute atomic E-state index is 11.5. The molecule has 3 N–H and O–H groups in total. The molecule has 1 unspecified atom stereocenters. The first-order valence-electron chi connectivity index (χ1n) is 5.75. The van der Waals surface area contributed by atoms with Crippen molar-refractivity contribution in [3.63, 3.8) is 0 Å². The van der Waals surface area contributed by atoms with Gasteiger partial charge < -0.3 is 15.5 Å². The number of phenols is 1. The summed E-state index contributed by atoms with van der Waals surface area (Å²) in [6.07, 6.45) is 0.965. The normalized spacial score (nSPS) is 20.1. The van der Waals surface area contributed by atoms with Crippen LogP contribution >= 0.6 is 23.4 Å². The number of carboxylic acids is 1. The average Bonchev–Trinajstić information content (AvgIpc) is 2.73. The Kier molecular flexibility index (Phi) is 4.81. The van der Waals surface area contributed by atoms with E-state index in [0.717, 1.165) is 11.8 Å². The Labute approximate surface area is 128 Å². The number of nitrogens with zero attached hydrogens (tertiary/aromatic N) is 2. The van der Waals surface area contributed by atoms with E-state index in [2.05, 4.69) is 15.5 Å². The summed E-state index contributed by atoms with van der Waals surface area (Å²) < 4.78 is 0. The van der Waals surface area contributed by atoms with Crippen molar-refractivity contribution in [2.45, 2.75) is 11.7 Å². The number of carbonyl (C=O) groups is 2. The van der Waals surface area contributed by atoms with E-state index in [1.165, 1.54) is 12.3 Å². The van der Waals surface area contributed by atoms with Gasteiger partial charge in [-0.1, -0.05) is 29.4 Å². The summed E-state index contributed by atoms with van der Waals surface area (Å²) in [5.74, 6) is -1.52. The molecule has 9 heteroatoms. The lowest BCUT2D eigenvalue weighted by Crippen LogP contribution is -2.26. The summed E-state index contributed by atoms with van der Waals surface area (Å²) in [7, 11) is 0. The molecule has 1 fully saturated rings. The number of thioether (sulfide) groups is 1. The third-order valence-corrected chi connectivity index (χ3v) is 3.90.